The SMILES string of the molecule is Cc1ccc(C)c(N2C(=O)c3ccc(C(=O)Nc4ccc(Sc5nccn5C)cc4)cc3C2=O)c1. The van der Waals surface area contributed by atoms with E-state index in [0.717, 1.165) is 21.2 Å². The lowest BCUT2D eigenvalue weighted by Gasteiger charge is -2.17. The second kappa shape index (κ2) is 8.88. The van der Waals surface area contributed by atoms with Gasteiger partial charge in [0.1, 0.15) is 0 Å². The number of carbonyl (C=O) groups excluding carboxylic acids is 3. The predicted octanol–water partition coefficient (Wildman–Crippen LogP) is 5.24. The Bertz CT molecular complexity index is 1490. The van der Waals surface area contributed by atoms with Gasteiger partial charge in [0, 0.05) is 35.6 Å². The van der Waals surface area contributed by atoms with Crippen LogP contribution in [-0.2, 0) is 7.05 Å². The maximum absolute atomic E-state index is 13.2. The first-order chi connectivity index (χ1) is 16.8. The molecule has 35 heavy (non-hydrogen) atoms. The van der Waals surface area contributed by atoms with Crippen molar-refractivity contribution in [3.63, 3.8) is 0 Å². The molecule has 174 valence electrons. The van der Waals surface area contributed by atoms with Gasteiger partial charge in [-0.25, -0.2) is 9.88 Å². The van der Waals surface area contributed by atoms with Crippen molar-refractivity contribution in [2.45, 2.75) is 23.9 Å². The zero-order valence-corrected chi connectivity index (χ0v) is 20.2. The van der Waals surface area contributed by atoms with Crippen LogP contribution in [0, 0.1) is 13.8 Å². The van der Waals surface area contributed by atoms with Crippen LogP contribution in [0.1, 0.15) is 42.2 Å². The summed E-state index contributed by atoms with van der Waals surface area (Å²) in [5.41, 5.74) is 3.79. The molecule has 4 aromatic rings. The van der Waals surface area contributed by atoms with Gasteiger partial charge in [0.15, 0.2) is 5.16 Å². The summed E-state index contributed by atoms with van der Waals surface area (Å²) < 4.78 is 1.93. The summed E-state index contributed by atoms with van der Waals surface area (Å²) in [7, 11) is 1.93. The molecule has 0 aliphatic carbocycles. The molecule has 0 spiro atoms. The molecule has 1 aliphatic heterocycles. The van der Waals surface area contributed by atoms with E-state index < -0.39 is 5.91 Å². The van der Waals surface area contributed by atoms with Crippen molar-refractivity contribution in [2.24, 2.45) is 7.05 Å². The smallest absolute Gasteiger partial charge is 0.266 e. The van der Waals surface area contributed by atoms with Gasteiger partial charge in [-0.2, -0.15) is 0 Å². The number of anilines is 2. The van der Waals surface area contributed by atoms with Gasteiger partial charge in [-0.1, -0.05) is 23.9 Å². The molecule has 0 atom stereocenters. The lowest BCUT2D eigenvalue weighted by atomic mass is 10.1. The van der Waals surface area contributed by atoms with E-state index in [9.17, 15) is 14.4 Å². The number of benzene rings is 3. The van der Waals surface area contributed by atoms with Crippen molar-refractivity contribution < 1.29 is 14.4 Å². The quantitative estimate of drug-likeness (QED) is 0.393. The fourth-order valence-corrected chi connectivity index (χ4v) is 4.73. The predicted molar refractivity (Wildman–Crippen MR) is 135 cm³/mol. The third-order valence-electron chi connectivity index (χ3n) is 5.85. The van der Waals surface area contributed by atoms with Gasteiger partial charge in [0.2, 0.25) is 0 Å². The van der Waals surface area contributed by atoms with E-state index >= 15 is 0 Å². The van der Waals surface area contributed by atoms with Gasteiger partial charge >= 0.3 is 0 Å². The summed E-state index contributed by atoms with van der Waals surface area (Å²) >= 11 is 1.52. The summed E-state index contributed by atoms with van der Waals surface area (Å²) in [4.78, 5) is 45.5. The first-order valence-electron chi connectivity index (χ1n) is 11.0. The summed E-state index contributed by atoms with van der Waals surface area (Å²) in [6.07, 6.45) is 3.63. The number of aryl methyl sites for hydroxylation is 3. The molecule has 7 nitrogen and oxygen atoms in total. The molecule has 1 aromatic heterocycles. The Morgan fingerprint density at radius 3 is 2.37 bits per heavy atom. The monoisotopic (exact) mass is 482 g/mol. The lowest BCUT2D eigenvalue weighted by molar-refractivity contribution is 0.0925. The van der Waals surface area contributed by atoms with E-state index in [2.05, 4.69) is 10.3 Å². The number of nitrogens with one attached hydrogen (secondary N) is 1. The highest BCUT2D eigenvalue weighted by Crippen LogP contribution is 2.32. The maximum atomic E-state index is 13.2. The van der Waals surface area contributed by atoms with Crippen molar-refractivity contribution >= 4 is 40.9 Å². The minimum atomic E-state index is -0.427. The van der Waals surface area contributed by atoms with Crippen molar-refractivity contribution in [1.82, 2.24) is 9.55 Å². The Hall–Kier alpha value is -4.17. The van der Waals surface area contributed by atoms with Crippen LogP contribution >= 0.6 is 11.8 Å². The fraction of sp³-hybridized carbons (Fsp3) is 0.111. The second-order valence-electron chi connectivity index (χ2n) is 8.40. The number of hydrogen-bond acceptors (Lipinski definition) is 5. The largest absolute Gasteiger partial charge is 0.329 e. The van der Waals surface area contributed by atoms with Crippen molar-refractivity contribution in [2.75, 3.05) is 10.2 Å². The van der Waals surface area contributed by atoms with Gasteiger partial charge in [-0.15, -0.1) is 0 Å². The van der Waals surface area contributed by atoms with Gasteiger partial charge in [0.05, 0.1) is 16.8 Å². The number of rotatable bonds is 5. The van der Waals surface area contributed by atoms with E-state index in [-0.39, 0.29) is 17.4 Å². The zero-order valence-electron chi connectivity index (χ0n) is 19.4. The maximum Gasteiger partial charge on any atom is 0.266 e. The Labute approximate surface area is 206 Å². The van der Waals surface area contributed by atoms with Gasteiger partial charge in [-0.3, -0.25) is 14.4 Å². The van der Waals surface area contributed by atoms with Crippen LogP contribution in [0.4, 0.5) is 11.4 Å². The number of imidazole rings is 1. The summed E-state index contributed by atoms with van der Waals surface area (Å²) in [5, 5.41) is 3.72. The molecule has 3 amide bonds. The summed E-state index contributed by atoms with van der Waals surface area (Å²) in [6, 6.07) is 17.7. The molecular formula is C27H22N4O3S. The second-order valence-corrected chi connectivity index (χ2v) is 9.44. The summed E-state index contributed by atoms with van der Waals surface area (Å²) in [5.74, 6) is -1.17. The topological polar surface area (TPSA) is 84.3 Å². The molecule has 0 bridgehead atoms. The van der Waals surface area contributed by atoms with Gasteiger partial charge in [0.25, 0.3) is 17.7 Å². The Balaban J connectivity index is 1.34. The van der Waals surface area contributed by atoms with Crippen LogP contribution < -0.4 is 10.2 Å². The normalized spacial score (nSPS) is 12.7. The standard InChI is InChI=1S/C27H22N4O3S/c1-16-4-5-17(2)23(14-16)31-25(33)21-11-6-18(15-22(21)26(31)34)24(32)29-19-7-9-20(10-8-19)35-27-28-12-13-30(27)3/h4-15H,1-3H3,(H,29,32). The van der Waals surface area contributed by atoms with Crippen LogP contribution in [0.5, 0.6) is 0 Å². The number of amides is 3. The Kier molecular flexibility index (Phi) is 5.74. The van der Waals surface area contributed by atoms with Crippen LogP contribution in [0.15, 0.2) is 83.1 Å². The number of aromatic nitrogens is 2. The lowest BCUT2D eigenvalue weighted by Crippen LogP contribution is -2.30. The van der Waals surface area contributed by atoms with Crippen molar-refractivity contribution in [3.05, 3.63) is 101 Å². The van der Waals surface area contributed by atoms with E-state index in [1.165, 1.54) is 22.7 Å². The molecule has 8 heteroatoms. The fourth-order valence-electron chi connectivity index (χ4n) is 3.93. The number of fused-ring (bicyclic) bond motifs is 1. The Morgan fingerprint density at radius 1 is 0.914 bits per heavy atom. The average Bonchev–Trinajstić information content (AvgIpc) is 3.36. The van der Waals surface area contributed by atoms with Crippen LogP contribution in [-0.4, -0.2) is 27.3 Å². The molecule has 0 unspecified atom stereocenters. The first-order valence-corrected chi connectivity index (χ1v) is 11.8. The molecule has 0 fully saturated rings. The van der Waals surface area contributed by atoms with Crippen LogP contribution in [0.3, 0.4) is 0 Å². The van der Waals surface area contributed by atoms with Crippen molar-refractivity contribution in [3.8, 4) is 0 Å². The molecule has 1 N–H and O–H groups in total. The number of carbonyl (C=O) groups is 3. The highest BCUT2D eigenvalue weighted by atomic mass is 32.2. The first kappa shape index (κ1) is 22.6. The van der Waals surface area contributed by atoms with Crippen LogP contribution in [0.2, 0.25) is 0 Å². The summed E-state index contributed by atoms with van der Waals surface area (Å²) in [6.45, 7) is 3.77. The number of imide groups is 1. The van der Waals surface area contributed by atoms with E-state index in [1.807, 2.05) is 74.1 Å². The molecule has 0 saturated carbocycles. The third kappa shape index (κ3) is 4.24. The molecular weight excluding hydrogens is 460 g/mol. The molecule has 1 aliphatic rings. The number of hydrogen-bond donors (Lipinski definition) is 1. The molecule has 5 rings (SSSR count). The van der Waals surface area contributed by atoms with E-state index in [0.29, 0.717) is 22.5 Å². The average molecular weight is 483 g/mol. The highest BCUT2D eigenvalue weighted by Gasteiger charge is 2.37. The van der Waals surface area contributed by atoms with E-state index in [1.54, 1.807) is 18.3 Å². The van der Waals surface area contributed by atoms with Crippen molar-refractivity contribution in [1.29, 1.82) is 0 Å². The minimum Gasteiger partial charge on any atom is -0.329 e. The Morgan fingerprint density at radius 2 is 1.66 bits per heavy atom. The van der Waals surface area contributed by atoms with Gasteiger partial charge in [-0.05, 0) is 73.5 Å². The highest BCUT2D eigenvalue weighted by molar-refractivity contribution is 7.99. The molecule has 0 saturated heterocycles. The molecule has 3 aromatic carbocycles. The van der Waals surface area contributed by atoms with E-state index in [4.69, 9.17) is 0 Å². The zero-order chi connectivity index (χ0) is 24.7. The van der Waals surface area contributed by atoms with Gasteiger partial charge < -0.3 is 9.88 Å². The minimum absolute atomic E-state index is 0.227. The third-order valence-corrected chi connectivity index (χ3v) is 6.94. The molecule has 0 radical (unpaired) electrons. The molecule has 2 heterocycles. The van der Waals surface area contributed by atoms with Crippen LogP contribution in [0.25, 0.3) is 0 Å². The number of nitrogens with zero attached hydrogens (tertiary/aromatic N) is 3.